The summed E-state index contributed by atoms with van der Waals surface area (Å²) in [6.45, 7) is 23.3. The molecule has 0 aromatic heterocycles. The predicted molar refractivity (Wildman–Crippen MR) is 261 cm³/mol. The third kappa shape index (κ3) is 8.78. The van der Waals surface area contributed by atoms with Crippen molar-refractivity contribution < 1.29 is 27.5 Å². The van der Waals surface area contributed by atoms with Crippen LogP contribution in [-0.4, -0.2) is 10.5 Å². The maximum atomic E-state index is 11.8. The SMILES string of the molecule is CC.CC.Cc1ccc(C(C)C)c(OP2Oc3ccc4ccccc4c3-c3c(ccc4ccccc34)OP(O)Oc3cc(ccc3C(C)C)CC3=CC4(CC4(C(C)C)C=C3)O2)c1. The van der Waals surface area contributed by atoms with E-state index in [0.717, 1.165) is 72.7 Å². The molecule has 1 aliphatic heterocycles. The number of aryl methyl sites for hydroxylation is 1. The van der Waals surface area contributed by atoms with Crippen LogP contribution in [0.2, 0.25) is 0 Å². The van der Waals surface area contributed by atoms with Crippen molar-refractivity contribution in [3.05, 3.63) is 155 Å². The van der Waals surface area contributed by atoms with Crippen LogP contribution < -0.4 is 18.1 Å². The Labute approximate surface area is 371 Å². The van der Waals surface area contributed by atoms with E-state index in [9.17, 15) is 4.89 Å². The Morgan fingerprint density at radius 1 is 0.645 bits per heavy atom. The van der Waals surface area contributed by atoms with Gasteiger partial charge >= 0.3 is 17.2 Å². The van der Waals surface area contributed by atoms with E-state index in [0.29, 0.717) is 29.6 Å². The van der Waals surface area contributed by atoms with Crippen molar-refractivity contribution in [2.45, 2.75) is 106 Å². The van der Waals surface area contributed by atoms with Gasteiger partial charge in [-0.3, -0.25) is 4.52 Å². The van der Waals surface area contributed by atoms with Gasteiger partial charge in [0.15, 0.2) is 0 Å². The summed E-state index contributed by atoms with van der Waals surface area (Å²) in [5.74, 6) is 3.14. The standard InChI is InChI=1S/C50H50O6P2.2C2H6/c1-31(2)39-20-16-34(7)26-45(39)55-58-54-44-23-19-38-13-9-11-15-42(38)48(44)47-41-14-10-8-12-37(41)18-22-43(47)52-57(51)53-46-28-35(17-21-40(46)32(3)4)27-36-24-25-49(33(5)6)30-50(49,29-36)56-58;2*1-2/h8-26,28-29,31-33,51H,27,30H2,1-7H3;2*1-2H3. The average molecular weight is 869 g/mol. The molecule has 1 saturated carbocycles. The molecule has 6 aromatic carbocycles. The van der Waals surface area contributed by atoms with Crippen LogP contribution in [0, 0.1) is 18.3 Å². The van der Waals surface area contributed by atoms with Crippen LogP contribution in [0.4, 0.5) is 0 Å². The van der Waals surface area contributed by atoms with Crippen molar-refractivity contribution in [3.63, 3.8) is 0 Å². The Balaban J connectivity index is 0.00000141. The van der Waals surface area contributed by atoms with Gasteiger partial charge in [-0.1, -0.05) is 166 Å². The summed E-state index contributed by atoms with van der Waals surface area (Å²) in [5, 5.41) is 3.97. The fourth-order valence-electron chi connectivity index (χ4n) is 8.90. The van der Waals surface area contributed by atoms with Gasteiger partial charge in [0.25, 0.3) is 0 Å². The van der Waals surface area contributed by atoms with Crippen LogP contribution >= 0.6 is 17.2 Å². The lowest BCUT2D eigenvalue weighted by atomic mass is 9.83. The second-order valence-corrected chi connectivity index (χ2v) is 18.8. The van der Waals surface area contributed by atoms with E-state index in [-0.39, 0.29) is 17.3 Å². The zero-order valence-electron chi connectivity index (χ0n) is 38.2. The summed E-state index contributed by atoms with van der Waals surface area (Å²) >= 11 is 0. The summed E-state index contributed by atoms with van der Waals surface area (Å²) in [6.07, 6.45) is 8.40. The first-order chi connectivity index (χ1) is 29.9. The molecule has 4 atom stereocenters. The van der Waals surface area contributed by atoms with Crippen molar-refractivity contribution >= 4 is 38.7 Å². The summed E-state index contributed by atoms with van der Waals surface area (Å²) in [5.41, 5.74) is 6.14. The second kappa shape index (κ2) is 19.0. The number of hydrogen-bond acceptors (Lipinski definition) is 6. The normalized spacial score (nSPS) is 21.4. The summed E-state index contributed by atoms with van der Waals surface area (Å²) < 4.78 is 34.7. The minimum absolute atomic E-state index is 0.167. The second-order valence-electron chi connectivity index (χ2n) is 17.0. The van der Waals surface area contributed by atoms with E-state index in [4.69, 9.17) is 22.6 Å². The zero-order chi connectivity index (χ0) is 44.3. The summed E-state index contributed by atoms with van der Waals surface area (Å²) in [7, 11) is -4.46. The van der Waals surface area contributed by atoms with Crippen molar-refractivity contribution in [2.75, 3.05) is 0 Å². The fraction of sp³-hybridized carbons (Fsp3) is 0.333. The Bertz CT molecular complexity index is 2610. The zero-order valence-corrected chi connectivity index (χ0v) is 39.9. The number of benzene rings is 6. The molecule has 6 aromatic rings. The smallest absolute Gasteiger partial charge is 0.418 e. The van der Waals surface area contributed by atoms with Crippen LogP contribution in [-0.2, 0) is 10.9 Å². The van der Waals surface area contributed by atoms with E-state index < -0.39 is 22.8 Å². The molecule has 1 fully saturated rings. The minimum atomic E-state index is -2.41. The molecule has 1 spiro atoms. The molecule has 8 heteroatoms. The lowest BCUT2D eigenvalue weighted by Crippen LogP contribution is -2.27. The van der Waals surface area contributed by atoms with Crippen LogP contribution in [0.15, 0.2) is 133 Å². The Kier molecular flexibility index (Phi) is 13.9. The third-order valence-corrected chi connectivity index (χ3v) is 14.0. The molecule has 324 valence electrons. The molecular weight excluding hydrogens is 807 g/mol. The van der Waals surface area contributed by atoms with E-state index in [1.165, 1.54) is 0 Å². The molecule has 1 heterocycles. The van der Waals surface area contributed by atoms with Gasteiger partial charge in [-0.2, -0.15) is 0 Å². The van der Waals surface area contributed by atoms with Crippen molar-refractivity contribution in [3.8, 4) is 34.1 Å². The highest BCUT2D eigenvalue weighted by Crippen LogP contribution is 2.71. The van der Waals surface area contributed by atoms with E-state index in [1.807, 2.05) is 70.2 Å². The summed E-state index contributed by atoms with van der Waals surface area (Å²) in [4.78, 5) is 11.8. The summed E-state index contributed by atoms with van der Waals surface area (Å²) in [6, 6.07) is 37.2. The van der Waals surface area contributed by atoms with Crippen molar-refractivity contribution in [1.82, 2.24) is 0 Å². The molecular formula is C54H62O6P2. The van der Waals surface area contributed by atoms with Crippen molar-refractivity contribution in [1.29, 1.82) is 0 Å². The van der Waals surface area contributed by atoms with Crippen LogP contribution in [0.5, 0.6) is 23.0 Å². The van der Waals surface area contributed by atoms with Gasteiger partial charge in [0, 0.05) is 16.5 Å². The lowest BCUT2D eigenvalue weighted by Gasteiger charge is -2.31. The molecule has 2 aliphatic carbocycles. The lowest BCUT2D eigenvalue weighted by molar-refractivity contribution is 0.148. The van der Waals surface area contributed by atoms with Gasteiger partial charge in [-0.05, 0) is 117 Å². The van der Waals surface area contributed by atoms with E-state index >= 15 is 0 Å². The molecule has 6 nitrogen and oxygen atoms in total. The highest BCUT2D eigenvalue weighted by atomic mass is 31.2. The van der Waals surface area contributed by atoms with Gasteiger partial charge in [0.1, 0.15) is 28.6 Å². The first-order valence-electron chi connectivity index (χ1n) is 22.3. The molecule has 0 saturated heterocycles. The van der Waals surface area contributed by atoms with Gasteiger partial charge in [0.05, 0.1) is 0 Å². The topological polar surface area (TPSA) is 66.4 Å². The highest BCUT2D eigenvalue weighted by Gasteiger charge is 2.70. The Morgan fingerprint density at radius 2 is 1.23 bits per heavy atom. The van der Waals surface area contributed by atoms with Gasteiger partial charge in [0.2, 0.25) is 0 Å². The van der Waals surface area contributed by atoms with E-state index in [2.05, 4.69) is 133 Å². The maximum absolute atomic E-state index is 11.8. The number of fused-ring (bicyclic) bond motifs is 9. The van der Waals surface area contributed by atoms with Gasteiger partial charge < -0.3 is 23.0 Å². The van der Waals surface area contributed by atoms with Crippen LogP contribution in [0.25, 0.3) is 32.7 Å². The quantitative estimate of drug-likeness (QED) is 0.174. The number of rotatable bonds is 5. The maximum Gasteiger partial charge on any atom is 0.464 e. The Morgan fingerprint density at radius 3 is 1.84 bits per heavy atom. The number of allylic oxidation sites excluding steroid dienone is 2. The first-order valence-corrected chi connectivity index (χ1v) is 24.5. The largest absolute Gasteiger partial charge is 0.464 e. The van der Waals surface area contributed by atoms with Crippen LogP contribution in [0.1, 0.15) is 110 Å². The van der Waals surface area contributed by atoms with Gasteiger partial charge in [-0.25, -0.2) is 0 Å². The molecule has 0 amide bonds. The predicted octanol–water partition coefficient (Wildman–Crippen LogP) is 16.5. The fourth-order valence-corrected chi connectivity index (χ4v) is 10.9. The monoisotopic (exact) mass is 868 g/mol. The first kappa shape index (κ1) is 45.3. The molecule has 9 rings (SSSR count). The Hall–Kier alpha value is -4.70. The average Bonchev–Trinajstić information content (AvgIpc) is 3.94. The molecule has 62 heavy (non-hydrogen) atoms. The molecule has 4 unspecified atom stereocenters. The molecule has 1 N–H and O–H groups in total. The van der Waals surface area contributed by atoms with Gasteiger partial charge in [-0.15, -0.1) is 0 Å². The molecule has 4 bridgehead atoms. The highest BCUT2D eigenvalue weighted by molar-refractivity contribution is 7.42. The van der Waals surface area contributed by atoms with E-state index in [1.54, 1.807) is 0 Å². The molecule has 3 aliphatic rings. The van der Waals surface area contributed by atoms with Crippen molar-refractivity contribution in [2.24, 2.45) is 11.3 Å². The number of hydrogen-bond donors (Lipinski definition) is 1. The molecule has 0 radical (unpaired) electrons. The minimum Gasteiger partial charge on any atom is -0.418 e. The van der Waals surface area contributed by atoms with Crippen LogP contribution in [0.3, 0.4) is 0 Å². The third-order valence-electron chi connectivity index (χ3n) is 12.1.